The molecule has 0 aliphatic carbocycles. The Morgan fingerprint density at radius 1 is 1.65 bits per heavy atom. The van der Waals surface area contributed by atoms with Crippen LogP contribution in [-0.2, 0) is 10.0 Å². The molecule has 0 atom stereocenters. The molecule has 0 bridgehead atoms. The van der Waals surface area contributed by atoms with Gasteiger partial charge in [0.05, 0.1) is 15.7 Å². The Hall–Kier alpha value is -0.340. The summed E-state index contributed by atoms with van der Waals surface area (Å²) < 4.78 is 22.6. The summed E-state index contributed by atoms with van der Waals surface area (Å²) in [6.07, 6.45) is 1.67. The molecular formula is C9H10ClNO3S3. The largest absolute Gasteiger partial charge is 0.293 e. The number of thioether (sulfide) groups is 1. The van der Waals surface area contributed by atoms with E-state index in [1.54, 1.807) is 6.08 Å². The fourth-order valence-corrected chi connectivity index (χ4v) is 4.02. The first-order valence-electron chi connectivity index (χ1n) is 4.40. The number of thiophene rings is 1. The molecule has 2 N–H and O–H groups in total. The van der Waals surface area contributed by atoms with Crippen molar-refractivity contribution < 1.29 is 13.2 Å². The van der Waals surface area contributed by atoms with Crippen LogP contribution in [-0.4, -0.2) is 25.7 Å². The molecule has 0 saturated carbocycles. The quantitative estimate of drug-likeness (QED) is 0.496. The third-order valence-electron chi connectivity index (χ3n) is 1.70. The SMILES string of the molecule is C=CCSCC(=O)c1cc(Cl)sc1S(N)(=O)=O. The summed E-state index contributed by atoms with van der Waals surface area (Å²) in [6, 6.07) is 1.34. The number of rotatable bonds is 6. The van der Waals surface area contributed by atoms with Gasteiger partial charge in [-0.15, -0.1) is 29.7 Å². The Balaban J connectivity index is 2.98. The second-order valence-electron chi connectivity index (χ2n) is 3.02. The van der Waals surface area contributed by atoms with Crippen molar-refractivity contribution in [2.75, 3.05) is 11.5 Å². The van der Waals surface area contributed by atoms with Crippen LogP contribution in [0.4, 0.5) is 0 Å². The lowest BCUT2D eigenvalue weighted by Gasteiger charge is -2.00. The summed E-state index contributed by atoms with van der Waals surface area (Å²) in [4.78, 5) is 11.8. The molecule has 0 aliphatic heterocycles. The number of ketones is 1. The number of hydrogen-bond acceptors (Lipinski definition) is 5. The van der Waals surface area contributed by atoms with Gasteiger partial charge in [0.2, 0.25) is 10.0 Å². The summed E-state index contributed by atoms with van der Waals surface area (Å²) in [7, 11) is -3.90. The lowest BCUT2D eigenvalue weighted by atomic mass is 10.2. The number of nitrogens with two attached hydrogens (primary N) is 1. The summed E-state index contributed by atoms with van der Waals surface area (Å²) >= 11 is 7.83. The second kappa shape index (κ2) is 6.01. The summed E-state index contributed by atoms with van der Waals surface area (Å²) in [5, 5.41) is 5.01. The van der Waals surface area contributed by atoms with Crippen LogP contribution < -0.4 is 5.14 Å². The molecule has 0 radical (unpaired) electrons. The molecule has 0 saturated heterocycles. The smallest absolute Gasteiger partial charge is 0.248 e. The second-order valence-corrected chi connectivity index (χ2v) is 7.49. The van der Waals surface area contributed by atoms with Gasteiger partial charge >= 0.3 is 0 Å². The minimum Gasteiger partial charge on any atom is -0.293 e. The van der Waals surface area contributed by atoms with Crippen molar-refractivity contribution in [3.63, 3.8) is 0 Å². The van der Waals surface area contributed by atoms with Crippen molar-refractivity contribution in [3.05, 3.63) is 28.6 Å². The molecule has 17 heavy (non-hydrogen) atoms. The van der Waals surface area contributed by atoms with Gasteiger partial charge < -0.3 is 0 Å². The molecule has 0 spiro atoms. The van der Waals surface area contributed by atoms with Gasteiger partial charge in [-0.1, -0.05) is 17.7 Å². The highest BCUT2D eigenvalue weighted by Crippen LogP contribution is 2.30. The number of carbonyl (C=O) groups excluding carboxylic acids is 1. The molecule has 0 amide bonds. The van der Waals surface area contributed by atoms with Gasteiger partial charge in [-0.25, -0.2) is 13.6 Å². The van der Waals surface area contributed by atoms with Gasteiger partial charge in [-0.3, -0.25) is 4.79 Å². The predicted molar refractivity (Wildman–Crippen MR) is 72.6 cm³/mol. The number of sulfonamides is 1. The van der Waals surface area contributed by atoms with E-state index in [1.165, 1.54) is 17.8 Å². The molecule has 1 aromatic heterocycles. The number of primary sulfonamides is 1. The van der Waals surface area contributed by atoms with E-state index < -0.39 is 10.0 Å². The van der Waals surface area contributed by atoms with E-state index in [4.69, 9.17) is 16.7 Å². The normalized spacial score (nSPS) is 11.4. The first-order chi connectivity index (χ1) is 7.86. The van der Waals surface area contributed by atoms with Crippen molar-refractivity contribution in [2.45, 2.75) is 4.21 Å². The number of Topliss-reactive ketones (excluding diaryl/α,β-unsaturated/α-hetero) is 1. The van der Waals surface area contributed by atoms with Gasteiger partial charge in [0, 0.05) is 5.75 Å². The highest BCUT2D eigenvalue weighted by Gasteiger charge is 2.22. The maximum atomic E-state index is 11.8. The molecule has 1 rings (SSSR count). The van der Waals surface area contributed by atoms with Crippen LogP contribution >= 0.6 is 34.7 Å². The van der Waals surface area contributed by atoms with Crippen molar-refractivity contribution in [1.29, 1.82) is 0 Å². The highest BCUT2D eigenvalue weighted by atomic mass is 35.5. The monoisotopic (exact) mass is 311 g/mol. The lowest BCUT2D eigenvalue weighted by Crippen LogP contribution is -2.15. The van der Waals surface area contributed by atoms with Crippen LogP contribution in [0.2, 0.25) is 4.34 Å². The van der Waals surface area contributed by atoms with Gasteiger partial charge in [0.1, 0.15) is 4.21 Å². The highest BCUT2D eigenvalue weighted by molar-refractivity contribution is 8.00. The molecule has 1 heterocycles. The van der Waals surface area contributed by atoms with E-state index in [2.05, 4.69) is 6.58 Å². The average molecular weight is 312 g/mol. The van der Waals surface area contributed by atoms with E-state index in [0.29, 0.717) is 5.75 Å². The Bertz CT molecular complexity index is 536. The van der Waals surface area contributed by atoms with Crippen LogP contribution in [0.3, 0.4) is 0 Å². The van der Waals surface area contributed by atoms with Crippen molar-refractivity contribution in [2.24, 2.45) is 5.14 Å². The molecule has 94 valence electrons. The topological polar surface area (TPSA) is 77.2 Å². The van der Waals surface area contributed by atoms with Crippen molar-refractivity contribution in [1.82, 2.24) is 0 Å². The van der Waals surface area contributed by atoms with E-state index in [1.807, 2.05) is 0 Å². The molecule has 1 aromatic rings. The third-order valence-corrected chi connectivity index (χ3v) is 5.38. The van der Waals surface area contributed by atoms with E-state index >= 15 is 0 Å². The maximum absolute atomic E-state index is 11.8. The lowest BCUT2D eigenvalue weighted by molar-refractivity contribution is 0.102. The Morgan fingerprint density at radius 2 is 2.29 bits per heavy atom. The van der Waals surface area contributed by atoms with E-state index in [9.17, 15) is 13.2 Å². The number of hydrogen-bond donors (Lipinski definition) is 1. The summed E-state index contributed by atoms with van der Waals surface area (Å²) in [5.74, 6) is 0.486. The first kappa shape index (κ1) is 14.7. The van der Waals surface area contributed by atoms with Gasteiger partial charge in [-0.2, -0.15) is 0 Å². The summed E-state index contributed by atoms with van der Waals surface area (Å²) in [6.45, 7) is 3.52. The zero-order chi connectivity index (χ0) is 13.1. The van der Waals surface area contributed by atoms with Crippen LogP contribution in [0.1, 0.15) is 10.4 Å². The van der Waals surface area contributed by atoms with Crippen LogP contribution in [0.5, 0.6) is 0 Å². The van der Waals surface area contributed by atoms with Crippen LogP contribution in [0.15, 0.2) is 22.9 Å². The fourth-order valence-electron chi connectivity index (χ4n) is 1.06. The number of halogens is 1. The van der Waals surface area contributed by atoms with Crippen LogP contribution in [0.25, 0.3) is 0 Å². The van der Waals surface area contributed by atoms with E-state index in [-0.39, 0.29) is 25.6 Å². The third kappa shape index (κ3) is 4.11. The molecule has 0 aliphatic rings. The zero-order valence-electron chi connectivity index (χ0n) is 8.68. The maximum Gasteiger partial charge on any atom is 0.248 e. The minimum atomic E-state index is -3.90. The summed E-state index contributed by atoms with van der Waals surface area (Å²) in [5.41, 5.74) is 0.0686. The molecule has 0 unspecified atom stereocenters. The minimum absolute atomic E-state index is 0.0686. The van der Waals surface area contributed by atoms with Gasteiger partial charge in [-0.05, 0) is 6.07 Å². The van der Waals surface area contributed by atoms with Crippen LogP contribution in [0, 0.1) is 0 Å². The standard InChI is InChI=1S/C9H10ClNO3S3/c1-2-3-15-5-7(12)6-4-8(10)16-9(6)17(11,13)14/h2,4H,1,3,5H2,(H2,11,13,14). The molecule has 4 nitrogen and oxygen atoms in total. The Kier molecular flexibility index (Phi) is 5.21. The predicted octanol–water partition coefficient (Wildman–Crippen LogP) is 2.15. The molecule has 0 fully saturated rings. The Labute approximate surface area is 113 Å². The van der Waals surface area contributed by atoms with Crippen molar-refractivity contribution in [3.8, 4) is 0 Å². The zero-order valence-corrected chi connectivity index (χ0v) is 11.9. The van der Waals surface area contributed by atoms with Gasteiger partial charge in [0.25, 0.3) is 0 Å². The fraction of sp³-hybridized carbons (Fsp3) is 0.222. The first-order valence-corrected chi connectivity index (χ1v) is 8.29. The van der Waals surface area contributed by atoms with Crippen molar-refractivity contribution >= 4 is 50.5 Å². The molecule has 0 aromatic carbocycles. The van der Waals surface area contributed by atoms with E-state index in [0.717, 1.165) is 11.3 Å². The Morgan fingerprint density at radius 3 is 2.82 bits per heavy atom. The molecule has 8 heteroatoms. The average Bonchev–Trinajstić information content (AvgIpc) is 2.60. The van der Waals surface area contributed by atoms with Gasteiger partial charge in [0.15, 0.2) is 5.78 Å². The molecular weight excluding hydrogens is 302 g/mol. The number of carbonyl (C=O) groups is 1.